The molecule has 1 aromatic heterocycles. The molecule has 4 nitrogen and oxygen atoms in total. The van der Waals surface area contributed by atoms with Crippen molar-refractivity contribution in [2.45, 2.75) is 24.9 Å². The van der Waals surface area contributed by atoms with Gasteiger partial charge in [-0.15, -0.1) is 11.3 Å². The summed E-state index contributed by atoms with van der Waals surface area (Å²) < 4.78 is 26.4. The molecule has 0 fully saturated rings. The van der Waals surface area contributed by atoms with E-state index in [0.717, 1.165) is 11.1 Å². The van der Waals surface area contributed by atoms with Gasteiger partial charge in [-0.05, 0) is 23.9 Å². The Morgan fingerprint density at radius 3 is 2.70 bits per heavy atom. The van der Waals surface area contributed by atoms with E-state index >= 15 is 0 Å². The molecule has 1 aromatic carbocycles. The van der Waals surface area contributed by atoms with Gasteiger partial charge in [0, 0.05) is 25.0 Å². The van der Waals surface area contributed by atoms with Crippen LogP contribution in [0.5, 0.6) is 0 Å². The molecule has 0 aliphatic heterocycles. The van der Waals surface area contributed by atoms with Crippen LogP contribution in [0.15, 0.2) is 40.6 Å². The molecular weight excluding hydrogens is 292 g/mol. The first-order chi connectivity index (χ1) is 9.45. The largest absolute Gasteiger partial charge is 0.326 e. The lowest BCUT2D eigenvalue weighted by molar-refractivity contribution is 0.466. The number of nitrogens with zero attached hydrogens (tertiary/aromatic N) is 1. The summed E-state index contributed by atoms with van der Waals surface area (Å²) in [4.78, 5) is 1.02. The first-order valence-corrected chi connectivity index (χ1v) is 8.55. The van der Waals surface area contributed by atoms with Crippen molar-refractivity contribution in [2.75, 3.05) is 7.05 Å². The summed E-state index contributed by atoms with van der Waals surface area (Å²) in [6.07, 6.45) is 0. The SMILES string of the molecule is Cc1cccc(CN(C)S(=O)(=O)c2ccsc2CN)c1. The first-order valence-electron chi connectivity index (χ1n) is 6.23. The fraction of sp³-hybridized carbons (Fsp3) is 0.286. The van der Waals surface area contributed by atoms with Crippen molar-refractivity contribution in [1.82, 2.24) is 4.31 Å². The summed E-state index contributed by atoms with van der Waals surface area (Å²) in [5.41, 5.74) is 7.68. The fourth-order valence-corrected chi connectivity index (χ4v) is 4.49. The second-order valence-electron chi connectivity index (χ2n) is 4.66. The Bertz CT molecular complexity index is 693. The lowest BCUT2D eigenvalue weighted by Gasteiger charge is -2.17. The zero-order chi connectivity index (χ0) is 14.8. The van der Waals surface area contributed by atoms with E-state index in [1.54, 1.807) is 18.5 Å². The summed E-state index contributed by atoms with van der Waals surface area (Å²) in [7, 11) is -1.89. The first kappa shape index (κ1) is 15.2. The lowest BCUT2D eigenvalue weighted by Crippen LogP contribution is -2.27. The standard InChI is InChI=1S/C14H18N2O2S2/c1-11-4-3-5-12(8-11)10-16(2)20(17,18)14-6-7-19-13(14)9-15/h3-8H,9-10,15H2,1-2H3. The van der Waals surface area contributed by atoms with E-state index in [1.807, 2.05) is 31.2 Å². The third-order valence-electron chi connectivity index (χ3n) is 3.07. The monoisotopic (exact) mass is 310 g/mol. The molecule has 2 aromatic rings. The molecule has 6 heteroatoms. The average Bonchev–Trinajstić information content (AvgIpc) is 2.87. The topological polar surface area (TPSA) is 63.4 Å². The molecule has 0 aliphatic rings. The minimum atomic E-state index is -3.49. The molecule has 0 spiro atoms. The summed E-state index contributed by atoms with van der Waals surface area (Å²) >= 11 is 1.37. The van der Waals surface area contributed by atoms with Crippen LogP contribution in [0.2, 0.25) is 0 Å². The highest BCUT2D eigenvalue weighted by molar-refractivity contribution is 7.89. The van der Waals surface area contributed by atoms with E-state index in [4.69, 9.17) is 5.73 Å². The number of thiophene rings is 1. The molecule has 0 saturated heterocycles. The van der Waals surface area contributed by atoms with E-state index in [9.17, 15) is 8.42 Å². The van der Waals surface area contributed by atoms with Gasteiger partial charge in [-0.25, -0.2) is 8.42 Å². The van der Waals surface area contributed by atoms with Gasteiger partial charge in [-0.1, -0.05) is 29.8 Å². The summed E-state index contributed by atoms with van der Waals surface area (Å²) in [6, 6.07) is 9.46. The van der Waals surface area contributed by atoms with Crippen molar-refractivity contribution < 1.29 is 8.42 Å². The van der Waals surface area contributed by atoms with Gasteiger partial charge < -0.3 is 5.73 Å². The minimum absolute atomic E-state index is 0.241. The van der Waals surface area contributed by atoms with Crippen molar-refractivity contribution in [1.29, 1.82) is 0 Å². The Morgan fingerprint density at radius 2 is 2.05 bits per heavy atom. The van der Waals surface area contributed by atoms with Crippen molar-refractivity contribution in [2.24, 2.45) is 5.73 Å². The number of nitrogens with two attached hydrogens (primary N) is 1. The normalized spacial score (nSPS) is 12.0. The number of hydrogen-bond donors (Lipinski definition) is 1. The number of hydrogen-bond acceptors (Lipinski definition) is 4. The van der Waals surface area contributed by atoms with E-state index in [2.05, 4.69) is 0 Å². The second kappa shape index (κ2) is 6.05. The maximum Gasteiger partial charge on any atom is 0.244 e. The van der Waals surface area contributed by atoms with Crippen LogP contribution in [0.4, 0.5) is 0 Å². The number of sulfonamides is 1. The van der Waals surface area contributed by atoms with Crippen molar-refractivity contribution in [3.05, 3.63) is 51.7 Å². The van der Waals surface area contributed by atoms with Gasteiger partial charge >= 0.3 is 0 Å². The van der Waals surface area contributed by atoms with Crippen LogP contribution in [-0.4, -0.2) is 19.8 Å². The van der Waals surface area contributed by atoms with Crippen LogP contribution < -0.4 is 5.73 Å². The zero-order valence-corrected chi connectivity index (χ0v) is 13.2. The molecule has 20 heavy (non-hydrogen) atoms. The number of rotatable bonds is 5. The molecule has 0 amide bonds. The maximum atomic E-state index is 12.5. The highest BCUT2D eigenvalue weighted by Crippen LogP contribution is 2.25. The van der Waals surface area contributed by atoms with Crippen LogP contribution in [0.3, 0.4) is 0 Å². The van der Waals surface area contributed by atoms with Crippen LogP contribution in [0.25, 0.3) is 0 Å². The van der Waals surface area contributed by atoms with Crippen LogP contribution in [0, 0.1) is 6.92 Å². The molecule has 108 valence electrons. The molecule has 0 bridgehead atoms. The highest BCUT2D eigenvalue weighted by Gasteiger charge is 2.24. The van der Waals surface area contributed by atoms with E-state index in [0.29, 0.717) is 16.3 Å². The van der Waals surface area contributed by atoms with Gasteiger partial charge in [0.25, 0.3) is 0 Å². The minimum Gasteiger partial charge on any atom is -0.326 e. The van der Waals surface area contributed by atoms with Gasteiger partial charge in [-0.3, -0.25) is 0 Å². The third kappa shape index (κ3) is 3.09. The molecule has 0 saturated carbocycles. The Hall–Kier alpha value is -1.21. The smallest absolute Gasteiger partial charge is 0.244 e. The van der Waals surface area contributed by atoms with Gasteiger partial charge in [0.05, 0.1) is 4.90 Å². The van der Waals surface area contributed by atoms with Crippen LogP contribution >= 0.6 is 11.3 Å². The Morgan fingerprint density at radius 1 is 1.30 bits per heavy atom. The van der Waals surface area contributed by atoms with E-state index in [-0.39, 0.29) is 6.54 Å². The second-order valence-corrected chi connectivity index (χ2v) is 7.68. The van der Waals surface area contributed by atoms with Crippen molar-refractivity contribution >= 4 is 21.4 Å². The molecule has 0 atom stereocenters. The van der Waals surface area contributed by atoms with Crippen LogP contribution in [0.1, 0.15) is 16.0 Å². The predicted octanol–water partition coefficient (Wildman–Crippen LogP) is 2.34. The third-order valence-corrected chi connectivity index (χ3v) is 6.03. The molecule has 0 unspecified atom stereocenters. The predicted molar refractivity (Wildman–Crippen MR) is 82.0 cm³/mol. The quantitative estimate of drug-likeness (QED) is 0.922. The zero-order valence-electron chi connectivity index (χ0n) is 11.5. The number of aryl methyl sites for hydroxylation is 1. The van der Waals surface area contributed by atoms with Gasteiger partial charge in [0.2, 0.25) is 10.0 Å². The molecule has 2 N–H and O–H groups in total. The maximum absolute atomic E-state index is 12.5. The van der Waals surface area contributed by atoms with E-state index in [1.165, 1.54) is 15.6 Å². The summed E-state index contributed by atoms with van der Waals surface area (Å²) in [5, 5.41) is 1.76. The fourth-order valence-electron chi connectivity index (χ4n) is 2.03. The van der Waals surface area contributed by atoms with Gasteiger partial charge in [0.15, 0.2) is 0 Å². The lowest BCUT2D eigenvalue weighted by atomic mass is 10.1. The summed E-state index contributed by atoms with van der Waals surface area (Å²) in [5.74, 6) is 0. The number of benzene rings is 1. The molecule has 1 heterocycles. The Kier molecular flexibility index (Phi) is 4.59. The Labute approximate surface area is 123 Å². The Balaban J connectivity index is 2.26. The molecule has 2 rings (SSSR count). The van der Waals surface area contributed by atoms with Gasteiger partial charge in [0.1, 0.15) is 0 Å². The van der Waals surface area contributed by atoms with Gasteiger partial charge in [-0.2, -0.15) is 4.31 Å². The van der Waals surface area contributed by atoms with Crippen molar-refractivity contribution in [3.63, 3.8) is 0 Å². The average molecular weight is 310 g/mol. The van der Waals surface area contributed by atoms with Crippen LogP contribution in [-0.2, 0) is 23.1 Å². The summed E-state index contributed by atoms with van der Waals surface area (Å²) in [6.45, 7) is 2.58. The molecule has 0 aliphatic carbocycles. The molecular formula is C14H18N2O2S2. The van der Waals surface area contributed by atoms with Crippen molar-refractivity contribution in [3.8, 4) is 0 Å². The molecule has 0 radical (unpaired) electrons. The highest BCUT2D eigenvalue weighted by atomic mass is 32.2. The van der Waals surface area contributed by atoms with E-state index < -0.39 is 10.0 Å².